The number of rotatable bonds is 6. The lowest BCUT2D eigenvalue weighted by molar-refractivity contribution is -0.139. The van der Waals surface area contributed by atoms with Crippen LogP contribution in [0.15, 0.2) is 57.9 Å². The molecule has 1 aromatic heterocycles. The van der Waals surface area contributed by atoms with Crippen LogP contribution in [0.2, 0.25) is 0 Å². The molecular formula is C20H18O6. The lowest BCUT2D eigenvalue weighted by atomic mass is 10.0. The Hall–Kier alpha value is -3.28. The maximum atomic E-state index is 12.6. The molecule has 26 heavy (non-hydrogen) atoms. The highest BCUT2D eigenvalue weighted by Gasteiger charge is 2.11. The van der Waals surface area contributed by atoms with Gasteiger partial charge in [-0.05, 0) is 35.7 Å². The van der Waals surface area contributed by atoms with Crippen LogP contribution in [0.5, 0.6) is 17.2 Å². The summed E-state index contributed by atoms with van der Waals surface area (Å²) in [6.07, 6.45) is 1.24. The average Bonchev–Trinajstić information content (AvgIpc) is 2.62. The van der Waals surface area contributed by atoms with E-state index in [2.05, 4.69) is 13.8 Å². The topological polar surface area (TPSA) is 86.0 Å². The van der Waals surface area contributed by atoms with E-state index in [9.17, 15) is 9.59 Å². The Morgan fingerprint density at radius 3 is 2.46 bits per heavy atom. The van der Waals surface area contributed by atoms with Crippen LogP contribution in [0.1, 0.15) is 25.3 Å². The molecule has 0 fully saturated rings. The Bertz CT molecular complexity index is 985. The number of aliphatic carboxylic acids is 1. The van der Waals surface area contributed by atoms with Crippen molar-refractivity contribution < 1.29 is 23.8 Å². The van der Waals surface area contributed by atoms with Crippen LogP contribution in [0.25, 0.3) is 11.0 Å². The fourth-order valence-electron chi connectivity index (χ4n) is 2.44. The van der Waals surface area contributed by atoms with E-state index in [1.165, 1.54) is 30.0 Å². The molecule has 0 aliphatic carbocycles. The summed E-state index contributed by atoms with van der Waals surface area (Å²) < 4.78 is 16.2. The summed E-state index contributed by atoms with van der Waals surface area (Å²) in [7, 11) is 0. The number of hydrogen-bond donors (Lipinski definition) is 1. The van der Waals surface area contributed by atoms with Crippen LogP contribution >= 0.6 is 0 Å². The molecule has 134 valence electrons. The number of ether oxygens (including phenoxy) is 2. The third-order valence-electron chi connectivity index (χ3n) is 3.85. The molecule has 6 heteroatoms. The van der Waals surface area contributed by atoms with Gasteiger partial charge in [-0.25, -0.2) is 4.79 Å². The average molecular weight is 354 g/mol. The molecule has 3 aromatic rings. The fourth-order valence-corrected chi connectivity index (χ4v) is 2.44. The lowest BCUT2D eigenvalue weighted by Crippen LogP contribution is -2.09. The summed E-state index contributed by atoms with van der Waals surface area (Å²) in [4.78, 5) is 23.1. The van der Waals surface area contributed by atoms with Crippen molar-refractivity contribution in [2.24, 2.45) is 0 Å². The Morgan fingerprint density at radius 1 is 1.12 bits per heavy atom. The zero-order valence-electron chi connectivity index (χ0n) is 14.4. The first-order valence-corrected chi connectivity index (χ1v) is 8.12. The van der Waals surface area contributed by atoms with Crippen LogP contribution in [0, 0.1) is 0 Å². The third kappa shape index (κ3) is 3.85. The van der Waals surface area contributed by atoms with E-state index >= 15 is 0 Å². The number of benzene rings is 2. The molecule has 0 radical (unpaired) electrons. The maximum absolute atomic E-state index is 12.6. The summed E-state index contributed by atoms with van der Waals surface area (Å²) >= 11 is 0. The zero-order valence-corrected chi connectivity index (χ0v) is 14.4. The molecule has 0 saturated carbocycles. The molecule has 3 rings (SSSR count). The van der Waals surface area contributed by atoms with Crippen molar-refractivity contribution in [3.63, 3.8) is 0 Å². The normalized spacial score (nSPS) is 10.9. The van der Waals surface area contributed by atoms with Gasteiger partial charge in [0.15, 0.2) is 6.61 Å². The smallest absolute Gasteiger partial charge is 0.341 e. The summed E-state index contributed by atoms with van der Waals surface area (Å²) in [6, 6.07) is 12.0. The molecule has 6 nitrogen and oxygen atoms in total. The van der Waals surface area contributed by atoms with Crippen LogP contribution < -0.4 is 14.9 Å². The predicted octanol–water partition coefficient (Wildman–Crippen LogP) is 4.17. The van der Waals surface area contributed by atoms with E-state index in [0.717, 1.165) is 0 Å². The van der Waals surface area contributed by atoms with Crippen molar-refractivity contribution in [2.45, 2.75) is 19.8 Å². The molecular weight excluding hydrogens is 336 g/mol. The van der Waals surface area contributed by atoms with Crippen molar-refractivity contribution in [1.82, 2.24) is 0 Å². The van der Waals surface area contributed by atoms with Gasteiger partial charge < -0.3 is 19.0 Å². The number of carboxylic acids is 1. The van der Waals surface area contributed by atoms with Gasteiger partial charge >= 0.3 is 5.97 Å². The van der Waals surface area contributed by atoms with Crippen LogP contribution in [-0.4, -0.2) is 17.7 Å². The first-order chi connectivity index (χ1) is 12.4. The molecule has 0 aliphatic rings. The summed E-state index contributed by atoms with van der Waals surface area (Å²) in [5.74, 6) is 0.253. The van der Waals surface area contributed by atoms with E-state index in [1.54, 1.807) is 0 Å². The summed E-state index contributed by atoms with van der Waals surface area (Å²) in [5.41, 5.74) is 1.15. The molecule has 0 aliphatic heterocycles. The second kappa shape index (κ2) is 7.31. The van der Waals surface area contributed by atoms with Gasteiger partial charge in [0.25, 0.3) is 0 Å². The van der Waals surface area contributed by atoms with Crippen LogP contribution in [-0.2, 0) is 4.79 Å². The Kier molecular flexibility index (Phi) is 4.93. The molecule has 0 saturated heterocycles. The molecule has 0 atom stereocenters. The molecule has 0 unspecified atom stereocenters. The highest BCUT2D eigenvalue weighted by Crippen LogP contribution is 2.25. The van der Waals surface area contributed by atoms with Crippen molar-refractivity contribution in [1.29, 1.82) is 0 Å². The second-order valence-corrected chi connectivity index (χ2v) is 6.10. The monoisotopic (exact) mass is 354 g/mol. The van der Waals surface area contributed by atoms with Gasteiger partial charge in [0.1, 0.15) is 23.3 Å². The third-order valence-corrected chi connectivity index (χ3v) is 3.85. The molecule has 1 N–H and O–H groups in total. The van der Waals surface area contributed by atoms with Crippen LogP contribution in [0.3, 0.4) is 0 Å². The fraction of sp³-hybridized carbons (Fsp3) is 0.200. The van der Waals surface area contributed by atoms with Gasteiger partial charge in [-0.2, -0.15) is 0 Å². The zero-order chi connectivity index (χ0) is 18.7. The van der Waals surface area contributed by atoms with E-state index < -0.39 is 12.6 Å². The van der Waals surface area contributed by atoms with Crippen molar-refractivity contribution in [2.75, 3.05) is 6.61 Å². The van der Waals surface area contributed by atoms with Gasteiger partial charge in [0, 0.05) is 6.07 Å². The minimum absolute atomic E-state index is 0.0778. The molecule has 0 bridgehead atoms. The highest BCUT2D eigenvalue weighted by molar-refractivity contribution is 5.79. The number of carboxylic acid groups (broad SMARTS) is 1. The quantitative estimate of drug-likeness (QED) is 0.715. The van der Waals surface area contributed by atoms with Gasteiger partial charge in [-0.1, -0.05) is 26.0 Å². The Labute approximate surface area is 149 Å². The van der Waals surface area contributed by atoms with E-state index in [0.29, 0.717) is 28.4 Å². The van der Waals surface area contributed by atoms with Crippen molar-refractivity contribution in [3.05, 3.63) is 64.5 Å². The van der Waals surface area contributed by atoms with E-state index in [-0.39, 0.29) is 11.2 Å². The van der Waals surface area contributed by atoms with Crippen molar-refractivity contribution >= 4 is 16.9 Å². The lowest BCUT2D eigenvalue weighted by Gasteiger charge is -2.09. The maximum Gasteiger partial charge on any atom is 0.341 e. The first kappa shape index (κ1) is 17.5. The first-order valence-electron chi connectivity index (χ1n) is 8.12. The highest BCUT2D eigenvalue weighted by atomic mass is 16.5. The SMILES string of the molecule is CC(C)c1ccc(Oc2coc3cc(OCC(=O)O)ccc3c2=O)cc1. The van der Waals surface area contributed by atoms with E-state index in [4.69, 9.17) is 19.0 Å². The van der Waals surface area contributed by atoms with Gasteiger partial charge in [0.2, 0.25) is 11.2 Å². The Balaban J connectivity index is 1.85. The number of fused-ring (bicyclic) bond motifs is 1. The largest absolute Gasteiger partial charge is 0.482 e. The van der Waals surface area contributed by atoms with E-state index in [1.807, 2.05) is 24.3 Å². The number of hydrogen-bond acceptors (Lipinski definition) is 5. The second-order valence-electron chi connectivity index (χ2n) is 6.10. The number of carbonyl (C=O) groups is 1. The predicted molar refractivity (Wildman–Crippen MR) is 96.2 cm³/mol. The summed E-state index contributed by atoms with van der Waals surface area (Å²) in [5, 5.41) is 8.96. The van der Waals surface area contributed by atoms with Crippen molar-refractivity contribution in [3.8, 4) is 17.2 Å². The molecule has 0 amide bonds. The van der Waals surface area contributed by atoms with Gasteiger partial charge in [-0.3, -0.25) is 4.79 Å². The standard InChI is InChI=1S/C20H18O6/c1-12(2)13-3-5-14(6-4-13)26-18-10-25-17-9-15(24-11-19(21)22)7-8-16(17)20(18)23/h3-10,12H,11H2,1-2H3,(H,21,22). The van der Waals surface area contributed by atoms with Gasteiger partial charge in [0.05, 0.1) is 5.39 Å². The minimum atomic E-state index is -1.08. The Morgan fingerprint density at radius 2 is 1.81 bits per heavy atom. The molecule has 2 aromatic carbocycles. The molecule has 1 heterocycles. The molecule has 0 spiro atoms. The van der Waals surface area contributed by atoms with Crippen LogP contribution in [0.4, 0.5) is 0 Å². The summed E-state index contributed by atoms with van der Waals surface area (Å²) in [6.45, 7) is 3.73. The van der Waals surface area contributed by atoms with Gasteiger partial charge in [-0.15, -0.1) is 0 Å². The minimum Gasteiger partial charge on any atom is -0.482 e.